The molecule has 19 heavy (non-hydrogen) atoms. The van der Waals surface area contributed by atoms with Gasteiger partial charge in [0.05, 0.1) is 0 Å². The predicted octanol–water partition coefficient (Wildman–Crippen LogP) is 2.91. The number of amides is 1. The highest BCUT2D eigenvalue weighted by molar-refractivity contribution is 5.76. The minimum absolute atomic E-state index is 0.312. The van der Waals surface area contributed by atoms with E-state index in [1.165, 1.54) is 12.8 Å². The molecule has 0 aliphatic carbocycles. The van der Waals surface area contributed by atoms with Crippen LogP contribution in [0.1, 0.15) is 53.9 Å². The summed E-state index contributed by atoms with van der Waals surface area (Å²) in [5.74, 6) is 2.04. The highest BCUT2D eigenvalue weighted by Crippen LogP contribution is 2.23. The van der Waals surface area contributed by atoms with Gasteiger partial charge in [-0.1, -0.05) is 20.8 Å². The van der Waals surface area contributed by atoms with Gasteiger partial charge in [0.1, 0.15) is 0 Å². The van der Waals surface area contributed by atoms with Crippen molar-refractivity contribution in [3.8, 4) is 0 Å². The fourth-order valence-electron chi connectivity index (χ4n) is 2.92. The number of nitrogens with zero attached hydrogens (tertiary/aromatic N) is 1. The van der Waals surface area contributed by atoms with Crippen molar-refractivity contribution >= 4 is 5.91 Å². The van der Waals surface area contributed by atoms with Crippen LogP contribution in [0.25, 0.3) is 0 Å². The van der Waals surface area contributed by atoms with Crippen LogP contribution >= 0.6 is 0 Å². The lowest BCUT2D eigenvalue weighted by Crippen LogP contribution is -2.41. The Kier molecular flexibility index (Phi) is 6.84. The molecule has 112 valence electrons. The molecule has 1 amide bonds. The number of carbonyl (C=O) groups is 1. The average Bonchev–Trinajstić information content (AvgIpc) is 2.36. The lowest BCUT2D eigenvalue weighted by Gasteiger charge is -2.32. The molecule has 3 nitrogen and oxygen atoms in total. The number of rotatable bonds is 6. The first kappa shape index (κ1) is 16.5. The Morgan fingerprint density at radius 2 is 1.95 bits per heavy atom. The summed E-state index contributed by atoms with van der Waals surface area (Å²) in [5, 5.41) is 3.45. The first-order valence-electron chi connectivity index (χ1n) is 7.92. The molecule has 1 fully saturated rings. The normalized spacial score (nSPS) is 21.7. The van der Waals surface area contributed by atoms with Crippen molar-refractivity contribution < 1.29 is 4.79 Å². The summed E-state index contributed by atoms with van der Waals surface area (Å²) in [6.07, 6.45) is 3.23. The van der Waals surface area contributed by atoms with Gasteiger partial charge in [-0.3, -0.25) is 4.79 Å². The van der Waals surface area contributed by atoms with Crippen molar-refractivity contribution in [3.63, 3.8) is 0 Å². The number of hydrogen-bond donors (Lipinski definition) is 1. The average molecular weight is 268 g/mol. The summed E-state index contributed by atoms with van der Waals surface area (Å²) >= 11 is 0. The molecule has 0 saturated carbocycles. The fourth-order valence-corrected chi connectivity index (χ4v) is 2.92. The van der Waals surface area contributed by atoms with Crippen molar-refractivity contribution in [2.75, 3.05) is 19.6 Å². The van der Waals surface area contributed by atoms with Gasteiger partial charge < -0.3 is 10.2 Å². The number of piperidine rings is 1. The monoisotopic (exact) mass is 268 g/mol. The molecule has 1 aliphatic heterocycles. The maximum atomic E-state index is 12.5. The Bertz CT molecular complexity index is 270. The van der Waals surface area contributed by atoms with Crippen molar-refractivity contribution in [1.29, 1.82) is 0 Å². The van der Waals surface area contributed by atoms with E-state index in [2.05, 4.69) is 44.8 Å². The van der Waals surface area contributed by atoms with Gasteiger partial charge in [-0.25, -0.2) is 0 Å². The summed E-state index contributed by atoms with van der Waals surface area (Å²) < 4.78 is 0. The molecule has 0 aromatic heterocycles. The minimum Gasteiger partial charge on any atom is -0.340 e. The van der Waals surface area contributed by atoms with E-state index in [-0.39, 0.29) is 0 Å². The number of carbonyl (C=O) groups excluding carboxylic acids is 1. The Labute approximate surface area is 119 Å². The summed E-state index contributed by atoms with van der Waals surface area (Å²) in [7, 11) is 0. The third-order valence-corrected chi connectivity index (χ3v) is 4.14. The largest absolute Gasteiger partial charge is 0.340 e. The van der Waals surface area contributed by atoms with E-state index < -0.39 is 0 Å². The van der Waals surface area contributed by atoms with Crippen LogP contribution in [0.5, 0.6) is 0 Å². The van der Waals surface area contributed by atoms with Crippen molar-refractivity contribution in [2.45, 2.75) is 59.9 Å². The fraction of sp³-hybridized carbons (Fsp3) is 0.938. The van der Waals surface area contributed by atoms with E-state index in [0.717, 1.165) is 19.6 Å². The highest BCUT2D eigenvalue weighted by Gasteiger charge is 2.25. The summed E-state index contributed by atoms with van der Waals surface area (Å²) in [6, 6.07) is 0.312. The first-order valence-corrected chi connectivity index (χ1v) is 7.92. The molecule has 0 aromatic rings. The van der Waals surface area contributed by atoms with Gasteiger partial charge >= 0.3 is 0 Å². The summed E-state index contributed by atoms with van der Waals surface area (Å²) in [6.45, 7) is 13.9. The van der Waals surface area contributed by atoms with Crippen LogP contribution in [0.3, 0.4) is 0 Å². The van der Waals surface area contributed by atoms with Crippen LogP contribution in [0.15, 0.2) is 0 Å². The maximum absolute atomic E-state index is 12.5. The SMILES string of the molecule is CC(C)CN(C(=O)CC(C)C1CCCNC1)C(C)C. The Morgan fingerprint density at radius 3 is 2.42 bits per heavy atom. The molecule has 2 unspecified atom stereocenters. The van der Waals surface area contributed by atoms with Crippen molar-refractivity contribution in [1.82, 2.24) is 10.2 Å². The van der Waals surface area contributed by atoms with E-state index in [9.17, 15) is 4.79 Å². The number of nitrogens with one attached hydrogen (secondary N) is 1. The molecule has 2 atom stereocenters. The second-order valence-electron chi connectivity index (χ2n) is 6.82. The molecule has 1 heterocycles. The molecule has 0 radical (unpaired) electrons. The Morgan fingerprint density at radius 1 is 1.26 bits per heavy atom. The molecule has 1 rings (SSSR count). The Balaban J connectivity index is 2.50. The second kappa shape index (κ2) is 7.88. The van der Waals surface area contributed by atoms with Crippen LogP contribution in [-0.2, 0) is 4.79 Å². The zero-order chi connectivity index (χ0) is 14.4. The van der Waals surface area contributed by atoms with Gasteiger partial charge in [0, 0.05) is 19.0 Å². The van der Waals surface area contributed by atoms with Crippen LogP contribution in [0.2, 0.25) is 0 Å². The molecular weight excluding hydrogens is 236 g/mol. The third kappa shape index (κ3) is 5.52. The molecular formula is C16H32N2O. The lowest BCUT2D eigenvalue weighted by atomic mass is 9.85. The van der Waals surface area contributed by atoms with E-state index in [1.54, 1.807) is 0 Å². The van der Waals surface area contributed by atoms with E-state index in [4.69, 9.17) is 0 Å². The standard InChI is InChI=1S/C16H32N2O/c1-12(2)11-18(13(3)4)16(19)9-14(5)15-7-6-8-17-10-15/h12-15,17H,6-11H2,1-5H3. The molecule has 0 aromatic carbocycles. The van der Waals surface area contributed by atoms with Gasteiger partial charge in [0.15, 0.2) is 0 Å². The number of hydrogen-bond acceptors (Lipinski definition) is 2. The van der Waals surface area contributed by atoms with Crippen molar-refractivity contribution in [3.05, 3.63) is 0 Å². The molecule has 0 bridgehead atoms. The maximum Gasteiger partial charge on any atom is 0.223 e. The lowest BCUT2D eigenvalue weighted by molar-refractivity contribution is -0.134. The van der Waals surface area contributed by atoms with Gasteiger partial charge in [-0.15, -0.1) is 0 Å². The summed E-state index contributed by atoms with van der Waals surface area (Å²) in [4.78, 5) is 14.5. The van der Waals surface area contributed by atoms with E-state index in [0.29, 0.717) is 36.1 Å². The van der Waals surface area contributed by atoms with E-state index in [1.807, 2.05) is 0 Å². The minimum atomic E-state index is 0.312. The Hall–Kier alpha value is -0.570. The van der Waals surface area contributed by atoms with Gasteiger partial charge in [0.25, 0.3) is 0 Å². The van der Waals surface area contributed by atoms with Gasteiger partial charge in [0.2, 0.25) is 5.91 Å². The van der Waals surface area contributed by atoms with Crippen molar-refractivity contribution in [2.24, 2.45) is 17.8 Å². The quantitative estimate of drug-likeness (QED) is 0.803. The molecule has 1 aliphatic rings. The van der Waals surface area contributed by atoms with Gasteiger partial charge in [-0.2, -0.15) is 0 Å². The third-order valence-electron chi connectivity index (χ3n) is 4.14. The second-order valence-corrected chi connectivity index (χ2v) is 6.82. The molecule has 3 heteroatoms. The summed E-state index contributed by atoms with van der Waals surface area (Å²) in [5.41, 5.74) is 0. The highest BCUT2D eigenvalue weighted by atomic mass is 16.2. The van der Waals surface area contributed by atoms with Crippen LogP contribution in [0.4, 0.5) is 0 Å². The van der Waals surface area contributed by atoms with Crippen LogP contribution in [0, 0.1) is 17.8 Å². The van der Waals surface area contributed by atoms with Gasteiger partial charge in [-0.05, 0) is 57.5 Å². The zero-order valence-corrected chi connectivity index (χ0v) is 13.4. The molecule has 1 saturated heterocycles. The first-order chi connectivity index (χ1) is 8.91. The molecule has 1 N–H and O–H groups in total. The smallest absolute Gasteiger partial charge is 0.223 e. The van der Waals surface area contributed by atoms with Crippen LogP contribution in [-0.4, -0.2) is 36.5 Å². The zero-order valence-electron chi connectivity index (χ0n) is 13.4. The van der Waals surface area contributed by atoms with Crippen LogP contribution < -0.4 is 5.32 Å². The topological polar surface area (TPSA) is 32.3 Å². The predicted molar refractivity (Wildman–Crippen MR) is 81.1 cm³/mol. The molecule has 0 spiro atoms. The van der Waals surface area contributed by atoms with E-state index >= 15 is 0 Å².